The Hall–Kier alpha value is -2.04. The van der Waals surface area contributed by atoms with Crippen molar-refractivity contribution in [2.24, 2.45) is 0 Å². The Balaban J connectivity index is 1.48. The van der Waals surface area contributed by atoms with E-state index in [0.717, 1.165) is 5.56 Å². The number of nitrogens with zero attached hydrogens (tertiary/aromatic N) is 2. The van der Waals surface area contributed by atoms with Gasteiger partial charge in [0.15, 0.2) is 0 Å². The zero-order valence-corrected chi connectivity index (χ0v) is 15.8. The molecule has 0 N–H and O–H groups in total. The van der Waals surface area contributed by atoms with Gasteiger partial charge in [-0.3, -0.25) is 9.59 Å². The average Bonchev–Trinajstić information content (AvgIpc) is 2.67. The van der Waals surface area contributed by atoms with E-state index in [1.165, 1.54) is 0 Å². The van der Waals surface area contributed by atoms with Gasteiger partial charge in [0, 0.05) is 48.2 Å². The van der Waals surface area contributed by atoms with Crippen molar-refractivity contribution in [1.82, 2.24) is 9.80 Å². The zero-order chi connectivity index (χ0) is 18.5. The molecule has 0 atom stereocenters. The Morgan fingerprint density at radius 2 is 1.27 bits per heavy atom. The number of hydrogen-bond donors (Lipinski definition) is 0. The van der Waals surface area contributed by atoms with Crippen molar-refractivity contribution < 1.29 is 9.59 Å². The lowest BCUT2D eigenvalue weighted by atomic mass is 10.1. The van der Waals surface area contributed by atoms with Gasteiger partial charge in [0.1, 0.15) is 0 Å². The van der Waals surface area contributed by atoms with Crippen molar-refractivity contribution in [1.29, 1.82) is 0 Å². The summed E-state index contributed by atoms with van der Waals surface area (Å²) in [6.07, 6.45) is 1.16. The minimum atomic E-state index is -0.0186. The molecule has 4 nitrogen and oxygen atoms in total. The van der Waals surface area contributed by atoms with Crippen LogP contribution in [0.15, 0.2) is 48.5 Å². The van der Waals surface area contributed by atoms with Gasteiger partial charge in [-0.15, -0.1) is 0 Å². The molecule has 0 unspecified atom stereocenters. The van der Waals surface area contributed by atoms with Crippen LogP contribution < -0.4 is 0 Å². The predicted molar refractivity (Wildman–Crippen MR) is 104 cm³/mol. The van der Waals surface area contributed by atoms with Crippen molar-refractivity contribution in [3.8, 4) is 0 Å². The molecule has 0 spiro atoms. The zero-order valence-electron chi connectivity index (χ0n) is 14.3. The van der Waals surface area contributed by atoms with E-state index in [1.807, 2.05) is 29.2 Å². The van der Waals surface area contributed by atoms with E-state index in [0.29, 0.717) is 54.6 Å². The molecule has 3 rings (SSSR count). The Kier molecular flexibility index (Phi) is 6.17. The van der Waals surface area contributed by atoms with Crippen LogP contribution in [0.2, 0.25) is 10.0 Å². The summed E-state index contributed by atoms with van der Waals surface area (Å²) in [5.74, 6) is 0.105. The molecular weight excluding hydrogens is 371 g/mol. The molecule has 136 valence electrons. The molecule has 0 aromatic heterocycles. The smallest absolute Gasteiger partial charge is 0.253 e. The van der Waals surface area contributed by atoms with Gasteiger partial charge < -0.3 is 9.80 Å². The summed E-state index contributed by atoms with van der Waals surface area (Å²) in [5, 5.41) is 1.30. The van der Waals surface area contributed by atoms with Crippen LogP contribution in [0.5, 0.6) is 0 Å². The molecular formula is C20H20Cl2N2O2. The average molecular weight is 391 g/mol. The quantitative estimate of drug-likeness (QED) is 0.793. The number of carbonyl (C=O) groups excluding carboxylic acids is 2. The van der Waals surface area contributed by atoms with Gasteiger partial charge in [-0.1, -0.05) is 35.3 Å². The maximum absolute atomic E-state index is 12.5. The van der Waals surface area contributed by atoms with Crippen molar-refractivity contribution in [2.45, 2.75) is 12.8 Å². The van der Waals surface area contributed by atoms with Crippen LogP contribution in [0.25, 0.3) is 0 Å². The first kappa shape index (κ1) is 18.7. The van der Waals surface area contributed by atoms with Crippen LogP contribution in [0.4, 0.5) is 0 Å². The van der Waals surface area contributed by atoms with Crippen molar-refractivity contribution >= 4 is 35.0 Å². The number of piperazine rings is 1. The summed E-state index contributed by atoms with van der Waals surface area (Å²) >= 11 is 11.7. The van der Waals surface area contributed by atoms with Crippen molar-refractivity contribution in [3.05, 3.63) is 69.7 Å². The Bertz CT molecular complexity index is 767. The van der Waals surface area contributed by atoms with Gasteiger partial charge in [0.25, 0.3) is 5.91 Å². The second kappa shape index (κ2) is 8.56. The molecule has 0 aliphatic carbocycles. The van der Waals surface area contributed by atoms with E-state index < -0.39 is 0 Å². The molecule has 6 heteroatoms. The molecule has 2 aromatic rings. The maximum atomic E-state index is 12.5. The molecule has 2 aromatic carbocycles. The lowest BCUT2D eigenvalue weighted by Crippen LogP contribution is -2.50. The first-order chi connectivity index (χ1) is 12.5. The molecule has 1 fully saturated rings. The lowest BCUT2D eigenvalue weighted by molar-refractivity contribution is -0.132. The summed E-state index contributed by atoms with van der Waals surface area (Å²) in [7, 11) is 0. The number of aryl methyl sites for hydroxylation is 1. The van der Waals surface area contributed by atoms with Crippen LogP contribution in [-0.4, -0.2) is 47.8 Å². The monoisotopic (exact) mass is 390 g/mol. The second-order valence-corrected chi connectivity index (χ2v) is 7.18. The molecule has 1 heterocycles. The SMILES string of the molecule is O=C(CCc1ccc(Cl)cc1)N1CCN(C(=O)c2ccc(Cl)cc2)CC1. The molecule has 2 amide bonds. The first-order valence-electron chi connectivity index (χ1n) is 8.60. The predicted octanol–water partition coefficient (Wildman–Crippen LogP) is 3.91. The third-order valence-electron chi connectivity index (χ3n) is 4.55. The summed E-state index contributed by atoms with van der Waals surface area (Å²) in [5.41, 5.74) is 1.72. The number of rotatable bonds is 4. The van der Waals surface area contributed by atoms with E-state index in [-0.39, 0.29) is 11.8 Å². The summed E-state index contributed by atoms with van der Waals surface area (Å²) < 4.78 is 0. The normalized spacial score (nSPS) is 14.4. The maximum Gasteiger partial charge on any atom is 0.253 e. The highest BCUT2D eigenvalue weighted by Crippen LogP contribution is 2.15. The van der Waals surface area contributed by atoms with E-state index in [9.17, 15) is 9.59 Å². The van der Waals surface area contributed by atoms with Crippen LogP contribution >= 0.6 is 23.2 Å². The Morgan fingerprint density at radius 1 is 0.769 bits per heavy atom. The standard InChI is InChI=1S/C20H20Cl2N2O2/c21-17-6-1-15(2-7-17)3-10-19(25)23-11-13-24(14-12-23)20(26)16-4-8-18(22)9-5-16/h1-2,4-9H,3,10-14H2. The van der Waals surface area contributed by atoms with E-state index in [2.05, 4.69) is 0 Å². The number of carbonyl (C=O) groups is 2. The third kappa shape index (κ3) is 4.77. The molecule has 0 bridgehead atoms. The minimum absolute atomic E-state index is 0.0186. The molecule has 0 radical (unpaired) electrons. The fourth-order valence-corrected chi connectivity index (χ4v) is 3.25. The van der Waals surface area contributed by atoms with Gasteiger partial charge in [-0.2, -0.15) is 0 Å². The largest absolute Gasteiger partial charge is 0.339 e. The minimum Gasteiger partial charge on any atom is -0.339 e. The second-order valence-electron chi connectivity index (χ2n) is 6.31. The fourth-order valence-electron chi connectivity index (χ4n) is 2.99. The summed E-state index contributed by atoms with van der Waals surface area (Å²) in [4.78, 5) is 28.5. The number of benzene rings is 2. The fraction of sp³-hybridized carbons (Fsp3) is 0.300. The van der Waals surface area contributed by atoms with E-state index in [1.54, 1.807) is 29.2 Å². The van der Waals surface area contributed by atoms with Gasteiger partial charge in [-0.25, -0.2) is 0 Å². The number of hydrogen-bond acceptors (Lipinski definition) is 2. The third-order valence-corrected chi connectivity index (χ3v) is 5.06. The molecule has 1 saturated heterocycles. The van der Waals surface area contributed by atoms with Crippen LogP contribution in [0.3, 0.4) is 0 Å². The van der Waals surface area contributed by atoms with E-state index >= 15 is 0 Å². The highest BCUT2D eigenvalue weighted by molar-refractivity contribution is 6.30. The Labute approximate surface area is 163 Å². The lowest BCUT2D eigenvalue weighted by Gasteiger charge is -2.35. The van der Waals surface area contributed by atoms with Gasteiger partial charge in [-0.05, 0) is 48.4 Å². The highest BCUT2D eigenvalue weighted by atomic mass is 35.5. The van der Waals surface area contributed by atoms with Crippen LogP contribution in [0.1, 0.15) is 22.3 Å². The Morgan fingerprint density at radius 3 is 1.85 bits per heavy atom. The van der Waals surface area contributed by atoms with Gasteiger partial charge in [0.2, 0.25) is 5.91 Å². The topological polar surface area (TPSA) is 40.6 Å². The van der Waals surface area contributed by atoms with Crippen molar-refractivity contribution in [2.75, 3.05) is 26.2 Å². The van der Waals surface area contributed by atoms with E-state index in [4.69, 9.17) is 23.2 Å². The molecule has 26 heavy (non-hydrogen) atoms. The van der Waals surface area contributed by atoms with Gasteiger partial charge >= 0.3 is 0 Å². The summed E-state index contributed by atoms with van der Waals surface area (Å²) in [6.45, 7) is 2.24. The van der Waals surface area contributed by atoms with Gasteiger partial charge in [0.05, 0.1) is 0 Å². The van der Waals surface area contributed by atoms with Crippen LogP contribution in [-0.2, 0) is 11.2 Å². The number of halogens is 2. The van der Waals surface area contributed by atoms with Crippen LogP contribution in [0, 0.1) is 0 Å². The van der Waals surface area contributed by atoms with Crippen molar-refractivity contribution in [3.63, 3.8) is 0 Å². The molecule has 0 saturated carbocycles. The highest BCUT2D eigenvalue weighted by Gasteiger charge is 2.24. The molecule has 1 aliphatic heterocycles. The number of amides is 2. The summed E-state index contributed by atoms with van der Waals surface area (Å²) in [6, 6.07) is 14.4. The molecule has 1 aliphatic rings. The first-order valence-corrected chi connectivity index (χ1v) is 9.35.